The van der Waals surface area contributed by atoms with E-state index in [9.17, 15) is 9.90 Å². The molecule has 9 heteroatoms. The Balaban J connectivity index is 1.50. The van der Waals surface area contributed by atoms with Crippen LogP contribution in [-0.4, -0.2) is 46.6 Å². The first kappa shape index (κ1) is 22.4. The molecule has 176 valence electrons. The van der Waals surface area contributed by atoms with Crippen molar-refractivity contribution < 1.29 is 14.6 Å². The summed E-state index contributed by atoms with van der Waals surface area (Å²) in [6, 6.07) is 11.9. The third kappa shape index (κ3) is 3.93. The highest BCUT2D eigenvalue weighted by atomic mass is 35.5. The highest BCUT2D eigenvalue weighted by Gasteiger charge is 2.42. The van der Waals surface area contributed by atoms with Crippen LogP contribution in [0.5, 0.6) is 5.75 Å². The Bertz CT molecular complexity index is 1280. The summed E-state index contributed by atoms with van der Waals surface area (Å²) in [5.74, 6) is 0.785. The van der Waals surface area contributed by atoms with Gasteiger partial charge in [0, 0.05) is 30.7 Å². The summed E-state index contributed by atoms with van der Waals surface area (Å²) in [7, 11) is 3.73. The number of para-hydroxylation sites is 1. The number of fused-ring (bicyclic) bond motifs is 2. The fourth-order valence-corrected chi connectivity index (χ4v) is 5.20. The van der Waals surface area contributed by atoms with Gasteiger partial charge in [-0.25, -0.2) is 4.98 Å². The maximum absolute atomic E-state index is 11.6. The van der Waals surface area contributed by atoms with Crippen LogP contribution in [0.1, 0.15) is 30.0 Å². The molecule has 0 aliphatic carbocycles. The topological polar surface area (TPSA) is 90.8 Å². The minimum Gasteiger partial charge on any atom is -0.495 e. The lowest BCUT2D eigenvalue weighted by Gasteiger charge is -2.25. The predicted molar refractivity (Wildman–Crippen MR) is 132 cm³/mol. The summed E-state index contributed by atoms with van der Waals surface area (Å²) in [4.78, 5) is 24.9. The van der Waals surface area contributed by atoms with Crippen LogP contribution in [-0.2, 0) is 23.3 Å². The van der Waals surface area contributed by atoms with E-state index >= 15 is 0 Å². The van der Waals surface area contributed by atoms with Gasteiger partial charge in [0.25, 0.3) is 0 Å². The molecule has 0 saturated heterocycles. The Morgan fingerprint density at radius 1 is 1.26 bits per heavy atom. The fourth-order valence-electron chi connectivity index (χ4n) is 5.01. The summed E-state index contributed by atoms with van der Waals surface area (Å²) in [5, 5.41) is 13.2. The van der Waals surface area contributed by atoms with Crippen molar-refractivity contribution in [1.82, 2.24) is 14.9 Å². The quantitative estimate of drug-likeness (QED) is 0.525. The average Bonchev–Trinajstić information content (AvgIpc) is 3.30. The fraction of sp³-hybridized carbons (Fsp3) is 0.320. The van der Waals surface area contributed by atoms with Gasteiger partial charge in [-0.2, -0.15) is 4.98 Å². The van der Waals surface area contributed by atoms with Crippen molar-refractivity contribution in [2.45, 2.75) is 31.8 Å². The number of ether oxygens (including phenoxy) is 1. The molecule has 1 aromatic heterocycles. The molecule has 0 saturated carbocycles. The van der Waals surface area contributed by atoms with Gasteiger partial charge in [-0.15, -0.1) is 0 Å². The van der Waals surface area contributed by atoms with Crippen molar-refractivity contribution in [3.05, 3.63) is 64.3 Å². The molecule has 3 heterocycles. The zero-order valence-electron chi connectivity index (χ0n) is 19.3. The van der Waals surface area contributed by atoms with Crippen LogP contribution in [0.15, 0.2) is 42.6 Å². The van der Waals surface area contributed by atoms with Gasteiger partial charge in [0.1, 0.15) is 10.8 Å². The molecule has 0 spiro atoms. The molecule has 1 atom stereocenters. The van der Waals surface area contributed by atoms with Crippen molar-refractivity contribution in [1.29, 1.82) is 0 Å². The van der Waals surface area contributed by atoms with E-state index in [2.05, 4.69) is 28.3 Å². The Morgan fingerprint density at radius 2 is 2.00 bits per heavy atom. The van der Waals surface area contributed by atoms with Gasteiger partial charge >= 0.3 is 5.97 Å². The van der Waals surface area contributed by atoms with Crippen LogP contribution in [0, 0.1) is 0 Å². The third-order valence-electron chi connectivity index (χ3n) is 6.52. The molecule has 0 fully saturated rings. The van der Waals surface area contributed by atoms with Crippen molar-refractivity contribution in [2.24, 2.45) is 0 Å². The van der Waals surface area contributed by atoms with Crippen LogP contribution in [0.3, 0.4) is 0 Å². The second-order valence-corrected chi connectivity index (χ2v) is 9.63. The minimum absolute atomic E-state index is 0.00902. The Morgan fingerprint density at radius 3 is 2.74 bits per heavy atom. The molecule has 8 nitrogen and oxygen atoms in total. The highest BCUT2D eigenvalue weighted by molar-refractivity contribution is 6.33. The SMILES string of the molecule is COc1cc2c(cc1Nc1ncc(Cl)c(N3CC(C)(CC(=O)O)c4ccccc43)n1)CN(C)C2. The largest absolute Gasteiger partial charge is 0.495 e. The van der Waals surface area contributed by atoms with Gasteiger partial charge in [0.15, 0.2) is 5.82 Å². The average molecular weight is 480 g/mol. The predicted octanol–water partition coefficient (Wildman–Crippen LogP) is 4.71. The third-order valence-corrected chi connectivity index (χ3v) is 6.79. The number of aliphatic carboxylic acids is 1. The summed E-state index contributed by atoms with van der Waals surface area (Å²) in [5.41, 5.74) is 4.55. The number of carbonyl (C=O) groups is 1. The Hall–Kier alpha value is -3.36. The summed E-state index contributed by atoms with van der Waals surface area (Å²) >= 11 is 6.55. The lowest BCUT2D eigenvalue weighted by atomic mass is 9.81. The molecule has 34 heavy (non-hydrogen) atoms. The minimum atomic E-state index is -0.843. The van der Waals surface area contributed by atoms with Crippen LogP contribution < -0.4 is 15.0 Å². The Labute approximate surface area is 203 Å². The monoisotopic (exact) mass is 479 g/mol. The van der Waals surface area contributed by atoms with Crippen molar-refractivity contribution in [3.8, 4) is 5.75 Å². The molecule has 2 aliphatic rings. The van der Waals surface area contributed by atoms with Crippen molar-refractivity contribution >= 4 is 40.7 Å². The molecule has 2 aliphatic heterocycles. The first-order chi connectivity index (χ1) is 16.3. The number of benzene rings is 2. The number of hydrogen-bond acceptors (Lipinski definition) is 7. The number of nitrogens with one attached hydrogen (secondary N) is 1. The molecule has 3 aromatic rings. The zero-order valence-corrected chi connectivity index (χ0v) is 20.1. The zero-order chi connectivity index (χ0) is 24.0. The summed E-state index contributed by atoms with van der Waals surface area (Å²) in [6.07, 6.45) is 1.57. The van der Waals surface area contributed by atoms with Gasteiger partial charge in [0.2, 0.25) is 5.95 Å². The maximum Gasteiger partial charge on any atom is 0.304 e. The van der Waals surface area contributed by atoms with E-state index in [1.54, 1.807) is 13.3 Å². The molecular formula is C25H26ClN5O3. The number of hydrogen-bond donors (Lipinski definition) is 2. The van der Waals surface area contributed by atoms with E-state index in [1.807, 2.05) is 42.2 Å². The second-order valence-electron chi connectivity index (χ2n) is 9.22. The number of anilines is 4. The second kappa shape index (κ2) is 8.45. The van der Waals surface area contributed by atoms with Crippen molar-refractivity contribution in [3.63, 3.8) is 0 Å². The molecule has 5 rings (SSSR count). The first-order valence-corrected chi connectivity index (χ1v) is 11.4. The van der Waals surface area contributed by atoms with E-state index in [-0.39, 0.29) is 6.42 Å². The van der Waals surface area contributed by atoms with Crippen molar-refractivity contribution in [2.75, 3.05) is 30.9 Å². The number of carboxylic acid groups (broad SMARTS) is 1. The number of nitrogens with zero attached hydrogens (tertiary/aromatic N) is 4. The summed E-state index contributed by atoms with van der Waals surface area (Å²) < 4.78 is 5.61. The number of aromatic nitrogens is 2. The number of methoxy groups -OCH3 is 1. The van der Waals surface area contributed by atoms with Crippen LogP contribution in [0.25, 0.3) is 0 Å². The van der Waals surface area contributed by atoms with Gasteiger partial charge in [0.05, 0.1) is 25.4 Å². The molecule has 2 aromatic carbocycles. The molecule has 2 N–H and O–H groups in total. The van der Waals surface area contributed by atoms with E-state index in [0.717, 1.165) is 35.8 Å². The highest BCUT2D eigenvalue weighted by Crippen LogP contribution is 2.47. The number of rotatable bonds is 6. The normalized spacial score (nSPS) is 19.1. The molecular weight excluding hydrogens is 454 g/mol. The number of carboxylic acids is 1. The van der Waals surface area contributed by atoms with Gasteiger partial charge in [-0.1, -0.05) is 36.7 Å². The molecule has 0 radical (unpaired) electrons. The first-order valence-electron chi connectivity index (χ1n) is 11.0. The lowest BCUT2D eigenvalue weighted by molar-refractivity contribution is -0.138. The van der Waals surface area contributed by atoms with E-state index in [4.69, 9.17) is 21.3 Å². The summed E-state index contributed by atoms with van der Waals surface area (Å²) in [6.45, 7) is 4.16. The van der Waals surface area contributed by atoms with Crippen LogP contribution in [0.2, 0.25) is 5.02 Å². The number of halogens is 1. The van der Waals surface area contributed by atoms with Gasteiger partial charge < -0.3 is 20.1 Å². The standard InChI is InChI=1S/C25H26ClN5O3/c1-25(10-22(32)33)14-31(20-7-5-4-6-17(20)25)23-18(26)11-27-24(29-23)28-19-8-15-12-30(2)13-16(15)9-21(19)34-3/h4-9,11H,10,12-14H2,1-3H3,(H,32,33)(H,27,28,29). The van der Waals surface area contributed by atoms with E-state index in [1.165, 1.54) is 11.1 Å². The van der Waals surface area contributed by atoms with Crippen LogP contribution in [0.4, 0.5) is 23.1 Å². The molecule has 1 unspecified atom stereocenters. The maximum atomic E-state index is 11.6. The van der Waals surface area contributed by atoms with E-state index in [0.29, 0.717) is 23.3 Å². The van der Waals surface area contributed by atoms with E-state index < -0.39 is 11.4 Å². The lowest BCUT2D eigenvalue weighted by Crippen LogP contribution is -2.31. The molecule has 0 amide bonds. The van der Waals surface area contributed by atoms with Crippen LogP contribution >= 0.6 is 11.6 Å². The Kier molecular flexibility index (Phi) is 5.58. The molecule has 0 bridgehead atoms. The van der Waals surface area contributed by atoms with Gasteiger partial charge in [-0.05, 0) is 41.9 Å². The van der Waals surface area contributed by atoms with Gasteiger partial charge in [-0.3, -0.25) is 9.69 Å². The smallest absolute Gasteiger partial charge is 0.304 e.